The molecule has 2 aliphatic rings. The van der Waals surface area contributed by atoms with Crippen molar-refractivity contribution >= 4 is 6.03 Å². The van der Waals surface area contributed by atoms with E-state index in [-0.39, 0.29) is 6.03 Å². The molecule has 2 aliphatic heterocycles. The van der Waals surface area contributed by atoms with Gasteiger partial charge in [-0.2, -0.15) is 0 Å². The van der Waals surface area contributed by atoms with Crippen LogP contribution in [0.2, 0.25) is 0 Å². The Kier molecular flexibility index (Phi) is 4.83. The molecule has 0 aromatic carbocycles. The van der Waals surface area contributed by atoms with E-state index in [1.54, 1.807) is 4.90 Å². The molecule has 104 valence electrons. The summed E-state index contributed by atoms with van der Waals surface area (Å²) in [7, 11) is 0. The molecule has 18 heavy (non-hydrogen) atoms. The number of nitrogens with one attached hydrogen (secondary N) is 1. The number of primary amides is 1. The van der Waals surface area contributed by atoms with Crippen LogP contribution in [0.3, 0.4) is 0 Å². The number of amides is 2. The molecule has 0 unspecified atom stereocenters. The Labute approximate surface area is 110 Å². The topological polar surface area (TPSA) is 61.6 Å². The highest BCUT2D eigenvalue weighted by molar-refractivity contribution is 5.72. The molecule has 2 fully saturated rings. The van der Waals surface area contributed by atoms with Gasteiger partial charge in [-0.15, -0.1) is 0 Å². The number of hydrogen-bond acceptors (Lipinski definition) is 3. The van der Waals surface area contributed by atoms with Crippen LogP contribution in [0, 0.1) is 0 Å². The Morgan fingerprint density at radius 3 is 2.06 bits per heavy atom. The molecule has 2 rings (SSSR count). The lowest BCUT2D eigenvalue weighted by Gasteiger charge is -2.37. The monoisotopic (exact) mass is 254 g/mol. The summed E-state index contributed by atoms with van der Waals surface area (Å²) in [6.07, 6.45) is 4.58. The Morgan fingerprint density at radius 1 is 1.11 bits per heavy atom. The lowest BCUT2D eigenvalue weighted by molar-refractivity contribution is 0.165. The summed E-state index contributed by atoms with van der Waals surface area (Å²) in [5, 5.41) is 3.76. The van der Waals surface area contributed by atoms with E-state index >= 15 is 0 Å². The van der Waals surface area contributed by atoms with Crippen LogP contribution in [0.1, 0.15) is 32.6 Å². The first-order valence-electron chi connectivity index (χ1n) is 7.21. The van der Waals surface area contributed by atoms with Crippen molar-refractivity contribution in [1.29, 1.82) is 0 Å². The summed E-state index contributed by atoms with van der Waals surface area (Å²) in [6.45, 7) is 7.45. The summed E-state index contributed by atoms with van der Waals surface area (Å²) in [6, 6.07) is 0.960. The standard InChI is InChI=1S/C13H26N4O/c1-2-16-7-3-11(4-8-16)15-12-5-9-17(10-6-12)13(14)18/h11-12,15H,2-10H2,1H3,(H2,14,18). The van der Waals surface area contributed by atoms with Gasteiger partial charge in [0.15, 0.2) is 0 Å². The van der Waals surface area contributed by atoms with Crippen molar-refractivity contribution in [3.8, 4) is 0 Å². The molecule has 0 saturated carbocycles. The van der Waals surface area contributed by atoms with E-state index in [0.29, 0.717) is 12.1 Å². The van der Waals surface area contributed by atoms with Crippen molar-refractivity contribution in [2.75, 3.05) is 32.7 Å². The van der Waals surface area contributed by atoms with Gasteiger partial charge in [-0.3, -0.25) is 0 Å². The zero-order valence-electron chi connectivity index (χ0n) is 11.4. The van der Waals surface area contributed by atoms with Gasteiger partial charge in [-0.1, -0.05) is 6.92 Å². The van der Waals surface area contributed by atoms with Crippen LogP contribution in [0.25, 0.3) is 0 Å². The van der Waals surface area contributed by atoms with Gasteiger partial charge in [0.1, 0.15) is 0 Å². The number of rotatable bonds is 3. The number of urea groups is 1. The maximum absolute atomic E-state index is 11.0. The van der Waals surface area contributed by atoms with E-state index in [2.05, 4.69) is 17.1 Å². The minimum absolute atomic E-state index is 0.273. The van der Waals surface area contributed by atoms with Crippen LogP contribution in [0.5, 0.6) is 0 Å². The largest absolute Gasteiger partial charge is 0.351 e. The van der Waals surface area contributed by atoms with Crippen LogP contribution in [-0.2, 0) is 0 Å². The zero-order chi connectivity index (χ0) is 13.0. The summed E-state index contributed by atoms with van der Waals surface area (Å²) in [5.41, 5.74) is 5.29. The van der Waals surface area contributed by atoms with Crippen LogP contribution in [-0.4, -0.2) is 60.6 Å². The predicted octanol–water partition coefficient (Wildman–Crippen LogP) is 0.603. The van der Waals surface area contributed by atoms with E-state index in [1.807, 2.05) is 0 Å². The number of carbonyl (C=O) groups is 1. The van der Waals surface area contributed by atoms with Gasteiger partial charge in [-0.05, 0) is 45.3 Å². The second-order valence-corrected chi connectivity index (χ2v) is 5.47. The number of piperidine rings is 2. The number of nitrogens with two attached hydrogens (primary N) is 1. The fourth-order valence-electron chi connectivity index (χ4n) is 3.02. The fourth-order valence-corrected chi connectivity index (χ4v) is 3.02. The smallest absolute Gasteiger partial charge is 0.314 e. The maximum atomic E-state index is 11.0. The molecule has 0 spiro atoms. The van der Waals surface area contributed by atoms with Crippen LogP contribution in [0.4, 0.5) is 4.79 Å². The summed E-state index contributed by atoms with van der Waals surface area (Å²) in [4.78, 5) is 15.3. The molecule has 2 amide bonds. The Morgan fingerprint density at radius 2 is 1.61 bits per heavy atom. The zero-order valence-corrected chi connectivity index (χ0v) is 11.4. The third-order valence-corrected chi connectivity index (χ3v) is 4.31. The highest BCUT2D eigenvalue weighted by Gasteiger charge is 2.25. The number of hydrogen-bond donors (Lipinski definition) is 2. The average molecular weight is 254 g/mol. The van der Waals surface area contributed by atoms with Crippen LogP contribution in [0.15, 0.2) is 0 Å². The third kappa shape index (κ3) is 3.59. The normalized spacial score (nSPS) is 24.4. The molecule has 0 radical (unpaired) electrons. The van der Waals surface area contributed by atoms with Gasteiger partial charge in [0.25, 0.3) is 0 Å². The van der Waals surface area contributed by atoms with E-state index < -0.39 is 0 Å². The van der Waals surface area contributed by atoms with E-state index in [1.165, 1.54) is 32.5 Å². The fraction of sp³-hybridized carbons (Fsp3) is 0.923. The van der Waals surface area contributed by atoms with Crippen molar-refractivity contribution < 1.29 is 4.79 Å². The molecular weight excluding hydrogens is 228 g/mol. The van der Waals surface area contributed by atoms with E-state index in [0.717, 1.165) is 25.9 Å². The molecule has 0 bridgehead atoms. The first kappa shape index (κ1) is 13.6. The van der Waals surface area contributed by atoms with Crippen molar-refractivity contribution in [2.24, 2.45) is 5.73 Å². The lowest BCUT2D eigenvalue weighted by atomic mass is 9.99. The Bertz CT molecular complexity index is 268. The van der Waals surface area contributed by atoms with Crippen molar-refractivity contribution in [2.45, 2.75) is 44.7 Å². The molecule has 3 N–H and O–H groups in total. The summed E-state index contributed by atoms with van der Waals surface area (Å²) in [5.74, 6) is 0. The van der Waals surface area contributed by atoms with Crippen LogP contribution < -0.4 is 11.1 Å². The lowest BCUT2D eigenvalue weighted by Crippen LogP contribution is -2.51. The summed E-state index contributed by atoms with van der Waals surface area (Å²) < 4.78 is 0. The molecule has 0 aromatic rings. The van der Waals surface area contributed by atoms with E-state index in [4.69, 9.17) is 5.73 Å². The maximum Gasteiger partial charge on any atom is 0.314 e. The summed E-state index contributed by atoms with van der Waals surface area (Å²) >= 11 is 0. The predicted molar refractivity (Wildman–Crippen MR) is 72.5 cm³/mol. The SMILES string of the molecule is CCN1CCC(NC2CCN(C(N)=O)CC2)CC1. The first-order valence-corrected chi connectivity index (χ1v) is 7.21. The minimum Gasteiger partial charge on any atom is -0.351 e. The van der Waals surface area contributed by atoms with Gasteiger partial charge >= 0.3 is 6.03 Å². The van der Waals surface area contributed by atoms with Crippen molar-refractivity contribution in [1.82, 2.24) is 15.1 Å². The Hall–Kier alpha value is -0.810. The second-order valence-electron chi connectivity index (χ2n) is 5.47. The van der Waals surface area contributed by atoms with Gasteiger partial charge < -0.3 is 20.9 Å². The molecule has 5 heteroatoms. The van der Waals surface area contributed by atoms with Gasteiger partial charge in [0.05, 0.1) is 0 Å². The Balaban J connectivity index is 1.67. The van der Waals surface area contributed by atoms with Crippen molar-refractivity contribution in [3.63, 3.8) is 0 Å². The number of nitrogens with zero attached hydrogens (tertiary/aromatic N) is 2. The highest BCUT2D eigenvalue weighted by atomic mass is 16.2. The molecule has 5 nitrogen and oxygen atoms in total. The molecule has 2 heterocycles. The van der Waals surface area contributed by atoms with Gasteiger partial charge in [0.2, 0.25) is 0 Å². The molecule has 0 aromatic heterocycles. The minimum atomic E-state index is -0.273. The molecule has 0 atom stereocenters. The third-order valence-electron chi connectivity index (χ3n) is 4.31. The van der Waals surface area contributed by atoms with Crippen LogP contribution >= 0.6 is 0 Å². The highest BCUT2D eigenvalue weighted by Crippen LogP contribution is 2.15. The quantitative estimate of drug-likeness (QED) is 0.775. The average Bonchev–Trinajstić information content (AvgIpc) is 2.40. The van der Waals surface area contributed by atoms with Gasteiger partial charge in [-0.25, -0.2) is 4.79 Å². The second kappa shape index (κ2) is 6.38. The van der Waals surface area contributed by atoms with Gasteiger partial charge in [0, 0.05) is 25.2 Å². The number of likely N-dealkylation sites (tertiary alicyclic amines) is 2. The number of carbonyl (C=O) groups excluding carboxylic acids is 1. The molecular formula is C13H26N4O. The van der Waals surface area contributed by atoms with E-state index in [9.17, 15) is 4.79 Å². The van der Waals surface area contributed by atoms with Crippen molar-refractivity contribution in [3.05, 3.63) is 0 Å². The molecule has 2 saturated heterocycles. The molecule has 0 aliphatic carbocycles. The first-order chi connectivity index (χ1) is 8.69.